The molecule has 1 saturated carbocycles. The van der Waals surface area contributed by atoms with Gasteiger partial charge in [-0.3, -0.25) is 9.59 Å². The zero-order chi connectivity index (χ0) is 18.6. The molecule has 4 heteroatoms. The molecule has 0 atom stereocenters. The van der Waals surface area contributed by atoms with Gasteiger partial charge in [0.05, 0.1) is 0 Å². The summed E-state index contributed by atoms with van der Waals surface area (Å²) in [4.78, 5) is 25.4. The van der Waals surface area contributed by atoms with E-state index in [2.05, 4.69) is 24.5 Å². The minimum absolute atomic E-state index is 0.159. The van der Waals surface area contributed by atoms with Crippen LogP contribution in [0, 0.1) is 5.41 Å². The molecule has 1 aliphatic rings. The Balaban J connectivity index is 1.59. The van der Waals surface area contributed by atoms with Gasteiger partial charge in [0.15, 0.2) is 0 Å². The highest BCUT2D eigenvalue weighted by molar-refractivity contribution is 6.13. The highest BCUT2D eigenvalue weighted by Crippen LogP contribution is 2.47. The maximum atomic E-state index is 12.8. The summed E-state index contributed by atoms with van der Waals surface area (Å²) in [5.41, 5.74) is 2.16. The second-order valence-electron chi connectivity index (χ2n) is 7.27. The third kappa shape index (κ3) is 3.96. The lowest BCUT2D eigenvalue weighted by molar-refractivity contribution is -0.134. The van der Waals surface area contributed by atoms with Crippen LogP contribution in [0.5, 0.6) is 0 Å². The van der Waals surface area contributed by atoms with E-state index >= 15 is 0 Å². The lowest BCUT2D eigenvalue weighted by Crippen LogP contribution is -2.40. The Labute approximate surface area is 155 Å². The van der Waals surface area contributed by atoms with E-state index < -0.39 is 5.41 Å². The molecule has 0 aliphatic heterocycles. The van der Waals surface area contributed by atoms with E-state index in [0.29, 0.717) is 25.3 Å². The van der Waals surface area contributed by atoms with Gasteiger partial charge in [0.2, 0.25) is 11.8 Å². The fourth-order valence-electron chi connectivity index (χ4n) is 3.17. The molecule has 3 rings (SSSR count). The number of carbonyl (C=O) groups excluding carboxylic acids is 2. The molecule has 136 valence electrons. The molecule has 4 nitrogen and oxygen atoms in total. The van der Waals surface area contributed by atoms with Gasteiger partial charge >= 0.3 is 0 Å². The molecule has 0 unspecified atom stereocenters. The normalized spacial score (nSPS) is 14.7. The van der Waals surface area contributed by atoms with Gasteiger partial charge in [-0.2, -0.15) is 0 Å². The van der Waals surface area contributed by atoms with Crippen LogP contribution in [0.4, 0.5) is 5.69 Å². The Morgan fingerprint density at radius 3 is 2.27 bits per heavy atom. The van der Waals surface area contributed by atoms with Crippen molar-refractivity contribution in [1.82, 2.24) is 5.32 Å². The van der Waals surface area contributed by atoms with Gasteiger partial charge in [0.25, 0.3) is 0 Å². The summed E-state index contributed by atoms with van der Waals surface area (Å²) in [7, 11) is 0. The van der Waals surface area contributed by atoms with Crippen molar-refractivity contribution in [1.29, 1.82) is 0 Å². The van der Waals surface area contributed by atoms with Crippen LogP contribution in [0.2, 0.25) is 0 Å². The third-order valence-electron chi connectivity index (χ3n) is 4.99. The van der Waals surface area contributed by atoms with Crippen molar-refractivity contribution in [3.8, 4) is 0 Å². The van der Waals surface area contributed by atoms with Crippen molar-refractivity contribution in [3.63, 3.8) is 0 Å². The van der Waals surface area contributed by atoms with Crippen LogP contribution in [0.1, 0.15) is 43.7 Å². The van der Waals surface area contributed by atoms with Crippen LogP contribution in [-0.4, -0.2) is 18.4 Å². The van der Waals surface area contributed by atoms with E-state index in [0.717, 1.165) is 17.7 Å². The predicted molar refractivity (Wildman–Crippen MR) is 104 cm³/mol. The lowest BCUT2D eigenvalue weighted by Gasteiger charge is -2.18. The summed E-state index contributed by atoms with van der Waals surface area (Å²) in [6.07, 6.45) is 1.99. The first-order valence-electron chi connectivity index (χ1n) is 9.25. The summed E-state index contributed by atoms with van der Waals surface area (Å²) in [5, 5.41) is 5.92. The zero-order valence-corrected chi connectivity index (χ0v) is 15.4. The summed E-state index contributed by atoms with van der Waals surface area (Å²) in [6, 6.07) is 17.8. The number of anilines is 1. The Morgan fingerprint density at radius 1 is 0.962 bits per heavy atom. The van der Waals surface area contributed by atoms with Crippen LogP contribution < -0.4 is 10.6 Å². The number of rotatable bonds is 7. The Morgan fingerprint density at radius 2 is 1.62 bits per heavy atom. The quantitative estimate of drug-likeness (QED) is 0.744. The third-order valence-corrected chi connectivity index (χ3v) is 4.99. The van der Waals surface area contributed by atoms with Crippen LogP contribution in [0.3, 0.4) is 0 Å². The summed E-state index contributed by atoms with van der Waals surface area (Å²) in [6.45, 7) is 4.73. The van der Waals surface area contributed by atoms with Crippen molar-refractivity contribution >= 4 is 17.5 Å². The van der Waals surface area contributed by atoms with Gasteiger partial charge in [-0.1, -0.05) is 62.4 Å². The van der Waals surface area contributed by atoms with E-state index in [1.807, 2.05) is 54.6 Å². The molecule has 0 saturated heterocycles. The first-order valence-corrected chi connectivity index (χ1v) is 9.25. The van der Waals surface area contributed by atoms with Crippen LogP contribution >= 0.6 is 0 Å². The monoisotopic (exact) mass is 350 g/mol. The Kier molecular flexibility index (Phi) is 5.40. The number of nitrogens with one attached hydrogen (secondary N) is 2. The molecule has 26 heavy (non-hydrogen) atoms. The van der Waals surface area contributed by atoms with Crippen molar-refractivity contribution in [2.45, 2.75) is 39.0 Å². The molecular formula is C22H26N2O2. The van der Waals surface area contributed by atoms with Gasteiger partial charge in [0.1, 0.15) is 5.41 Å². The maximum absolute atomic E-state index is 12.8. The zero-order valence-electron chi connectivity index (χ0n) is 15.4. The van der Waals surface area contributed by atoms with E-state index in [1.54, 1.807) is 0 Å². The Bertz CT molecular complexity index is 780. The second-order valence-corrected chi connectivity index (χ2v) is 7.27. The van der Waals surface area contributed by atoms with Gasteiger partial charge < -0.3 is 10.6 Å². The SMILES string of the molecule is CC(C)c1ccccc1NC(=O)C1(C(=O)NCCc2ccccc2)CC1. The molecule has 2 aromatic carbocycles. The molecule has 0 spiro atoms. The average Bonchev–Trinajstić information content (AvgIpc) is 3.45. The molecule has 2 aromatic rings. The first-order chi connectivity index (χ1) is 12.5. The maximum Gasteiger partial charge on any atom is 0.240 e. The molecule has 0 heterocycles. The standard InChI is InChI=1S/C22H26N2O2/c1-16(2)18-10-6-7-11-19(18)24-21(26)22(13-14-22)20(25)23-15-12-17-8-4-3-5-9-17/h3-11,16H,12-15H2,1-2H3,(H,23,25)(H,24,26). The number of hydrogen-bond donors (Lipinski definition) is 2. The number of carbonyl (C=O) groups is 2. The van der Waals surface area contributed by atoms with Crippen LogP contribution in [0.25, 0.3) is 0 Å². The molecular weight excluding hydrogens is 324 g/mol. The molecule has 0 aromatic heterocycles. The van der Waals surface area contributed by atoms with Crippen molar-refractivity contribution in [3.05, 3.63) is 65.7 Å². The Hall–Kier alpha value is -2.62. The van der Waals surface area contributed by atoms with E-state index in [-0.39, 0.29) is 11.8 Å². The molecule has 2 N–H and O–H groups in total. The van der Waals surface area contributed by atoms with Gasteiger partial charge in [0, 0.05) is 12.2 Å². The van der Waals surface area contributed by atoms with Gasteiger partial charge in [-0.25, -0.2) is 0 Å². The molecule has 0 radical (unpaired) electrons. The van der Waals surface area contributed by atoms with Gasteiger partial charge in [-0.05, 0) is 42.4 Å². The predicted octanol–water partition coefficient (Wildman–Crippen LogP) is 3.89. The van der Waals surface area contributed by atoms with Crippen LogP contribution in [-0.2, 0) is 16.0 Å². The molecule has 1 fully saturated rings. The lowest BCUT2D eigenvalue weighted by atomic mass is 9.99. The highest BCUT2D eigenvalue weighted by atomic mass is 16.2. The van der Waals surface area contributed by atoms with E-state index in [1.165, 1.54) is 5.56 Å². The fourth-order valence-corrected chi connectivity index (χ4v) is 3.17. The van der Waals surface area contributed by atoms with Crippen LogP contribution in [0.15, 0.2) is 54.6 Å². The number of hydrogen-bond acceptors (Lipinski definition) is 2. The largest absolute Gasteiger partial charge is 0.355 e. The molecule has 1 aliphatic carbocycles. The smallest absolute Gasteiger partial charge is 0.240 e. The fraction of sp³-hybridized carbons (Fsp3) is 0.364. The summed E-state index contributed by atoms with van der Waals surface area (Å²) >= 11 is 0. The topological polar surface area (TPSA) is 58.2 Å². The summed E-state index contributed by atoms with van der Waals surface area (Å²) < 4.78 is 0. The highest BCUT2D eigenvalue weighted by Gasteiger charge is 2.56. The average molecular weight is 350 g/mol. The minimum Gasteiger partial charge on any atom is -0.355 e. The second kappa shape index (κ2) is 7.73. The first kappa shape index (κ1) is 18.2. The number of benzene rings is 2. The van der Waals surface area contributed by atoms with Crippen molar-refractivity contribution < 1.29 is 9.59 Å². The van der Waals surface area contributed by atoms with E-state index in [4.69, 9.17) is 0 Å². The number of amides is 2. The van der Waals surface area contributed by atoms with Crippen molar-refractivity contribution in [2.75, 3.05) is 11.9 Å². The van der Waals surface area contributed by atoms with Crippen molar-refractivity contribution in [2.24, 2.45) is 5.41 Å². The summed E-state index contributed by atoms with van der Waals surface area (Å²) in [5.74, 6) is -0.0443. The molecule has 0 bridgehead atoms. The number of para-hydroxylation sites is 1. The molecule has 2 amide bonds. The van der Waals surface area contributed by atoms with Gasteiger partial charge in [-0.15, -0.1) is 0 Å². The van der Waals surface area contributed by atoms with E-state index in [9.17, 15) is 9.59 Å². The minimum atomic E-state index is -0.902.